The standard InChI is InChI=1S/C43H74P2.2ClH.Ru/c1-8-22-36(23-9-1)43(44(37-24-10-2-11-25-37,38-26-12-3-13-27-38)39-28-14-4-15-29-39)45(40-30-16-5-17-31-40,41-32-18-6-19-33-41)42-34-20-7-21-35-42;;;/h1,8-9,22-23,37-45H,2-7,10-21,24-35H2;2*1H;/q;;;+4/p-2. The summed E-state index contributed by atoms with van der Waals surface area (Å²) in [4.78, 5) is 0. The Kier molecular flexibility index (Phi) is 16.3. The Balaban J connectivity index is 0.00000129. The van der Waals surface area contributed by atoms with Gasteiger partial charge in [-0.05, 0) is 0 Å². The molecule has 0 aliphatic heterocycles. The van der Waals surface area contributed by atoms with Gasteiger partial charge in [-0.25, -0.2) is 0 Å². The van der Waals surface area contributed by atoms with Gasteiger partial charge in [-0.1, -0.05) is 0 Å². The van der Waals surface area contributed by atoms with Crippen molar-refractivity contribution >= 4 is 33.9 Å². The SMILES string of the molecule is [Cl][Ru+2][Cl].c1ccc(C([PH](C2CCCCC2)(C2CCCCC2)C2CCCCC2)[PH](C2CCCCC2)(C2CCCCC2)C2CCCCC2)cc1. The molecule has 0 unspecified atom stereocenters. The summed E-state index contributed by atoms with van der Waals surface area (Å²) in [5, 5.41) is 1.08. The van der Waals surface area contributed by atoms with Crippen LogP contribution in [0.2, 0.25) is 0 Å². The summed E-state index contributed by atoms with van der Waals surface area (Å²) in [5.74, 6) is 0. The number of halogens is 2. The zero-order valence-corrected chi connectivity index (χ0v) is 36.0. The Labute approximate surface area is 314 Å². The van der Waals surface area contributed by atoms with Crippen LogP contribution in [0.3, 0.4) is 0 Å². The van der Waals surface area contributed by atoms with Crippen LogP contribution in [0.15, 0.2) is 30.3 Å². The summed E-state index contributed by atoms with van der Waals surface area (Å²) in [6.07, 6.45) is 47.9. The summed E-state index contributed by atoms with van der Waals surface area (Å²) in [5.41, 5.74) is 8.85. The second kappa shape index (κ2) is 20.1. The minimum absolute atomic E-state index is 0.346. The van der Waals surface area contributed by atoms with Gasteiger partial charge < -0.3 is 0 Å². The fraction of sp³-hybridized carbons (Fsp3) is 0.860. The number of hydrogen-bond acceptors (Lipinski definition) is 0. The summed E-state index contributed by atoms with van der Waals surface area (Å²) < 4.78 is 0. The van der Waals surface area contributed by atoms with Gasteiger partial charge >= 0.3 is 317 Å². The van der Waals surface area contributed by atoms with Crippen molar-refractivity contribution in [1.82, 2.24) is 0 Å². The van der Waals surface area contributed by atoms with Crippen molar-refractivity contribution in [3.05, 3.63) is 35.9 Å². The Morgan fingerprint density at radius 3 is 0.792 bits per heavy atom. The van der Waals surface area contributed by atoms with Gasteiger partial charge in [-0.2, -0.15) is 0 Å². The predicted molar refractivity (Wildman–Crippen MR) is 219 cm³/mol. The van der Waals surface area contributed by atoms with Gasteiger partial charge in [-0.3, -0.25) is 0 Å². The van der Waals surface area contributed by atoms with E-state index in [0.29, 0.717) is 0 Å². The Hall–Kier alpha value is 1.28. The molecular weight excluding hydrogens is 750 g/mol. The maximum atomic E-state index is 4.85. The normalized spacial score (nSPS) is 27.1. The number of rotatable bonds is 9. The van der Waals surface area contributed by atoms with Gasteiger partial charge in [0.05, 0.1) is 0 Å². The molecule has 7 rings (SSSR count). The minimum atomic E-state index is -1.79. The molecule has 1 aromatic carbocycles. The summed E-state index contributed by atoms with van der Waals surface area (Å²) in [6, 6.07) is 13.1. The van der Waals surface area contributed by atoms with Crippen LogP contribution in [-0.4, -0.2) is 34.0 Å². The molecule has 0 heterocycles. The van der Waals surface area contributed by atoms with Crippen LogP contribution in [0.5, 0.6) is 0 Å². The molecule has 5 heteroatoms. The van der Waals surface area contributed by atoms with Gasteiger partial charge in [0.15, 0.2) is 0 Å². The molecule has 6 aliphatic carbocycles. The van der Waals surface area contributed by atoms with E-state index in [1.54, 1.807) is 193 Å². The average Bonchev–Trinajstić information content (AvgIpc) is 3.18. The Morgan fingerprint density at radius 2 is 0.583 bits per heavy atom. The monoisotopic (exact) mass is 824 g/mol. The first-order valence-corrected chi connectivity index (χ1v) is 30.8. The van der Waals surface area contributed by atoms with Gasteiger partial charge in [-0.15, -0.1) is 0 Å². The predicted octanol–water partition coefficient (Wildman–Crippen LogP) is 15.6. The van der Waals surface area contributed by atoms with Gasteiger partial charge in [0.1, 0.15) is 0 Å². The first-order chi connectivity index (χ1) is 23.8. The molecule has 0 saturated heterocycles. The van der Waals surface area contributed by atoms with Crippen molar-refractivity contribution in [3.63, 3.8) is 0 Å². The first-order valence-electron chi connectivity index (χ1n) is 21.7. The number of hydrogen-bond donors (Lipinski definition) is 0. The van der Waals surface area contributed by atoms with Crippen molar-refractivity contribution in [2.45, 2.75) is 232 Å². The van der Waals surface area contributed by atoms with E-state index in [0.717, 1.165) is 39.4 Å². The Bertz CT molecular complexity index is 863. The van der Waals surface area contributed by atoms with E-state index in [1.807, 2.05) is 5.56 Å². The van der Waals surface area contributed by atoms with E-state index in [1.165, 1.54) is 0 Å². The van der Waals surface area contributed by atoms with E-state index in [9.17, 15) is 0 Å². The first kappa shape index (κ1) is 39.0. The van der Waals surface area contributed by atoms with E-state index in [-0.39, 0.29) is 15.1 Å². The topological polar surface area (TPSA) is 0 Å². The third-order valence-corrected chi connectivity index (χ3v) is 33.6. The fourth-order valence-corrected chi connectivity index (χ4v) is 39.2. The van der Waals surface area contributed by atoms with E-state index in [4.69, 9.17) is 19.4 Å². The van der Waals surface area contributed by atoms with Crippen LogP contribution in [0, 0.1) is 0 Å². The molecule has 1 aromatic rings. The second-order valence-electron chi connectivity index (χ2n) is 17.9. The quantitative estimate of drug-likeness (QED) is 0.172. The van der Waals surface area contributed by atoms with Gasteiger partial charge in [0, 0.05) is 0 Å². The average molecular weight is 825 g/mol. The molecule has 0 bridgehead atoms. The van der Waals surface area contributed by atoms with Crippen molar-refractivity contribution in [1.29, 1.82) is 0 Å². The molecule has 0 atom stereocenters. The zero-order valence-electron chi connectivity index (χ0n) is 30.8. The van der Waals surface area contributed by atoms with Crippen molar-refractivity contribution in [2.75, 3.05) is 0 Å². The molecular formula is C43H74Cl2P2Ru+2. The second-order valence-corrected chi connectivity index (χ2v) is 31.2. The van der Waals surface area contributed by atoms with E-state index >= 15 is 0 Å². The van der Waals surface area contributed by atoms with Crippen LogP contribution in [0.25, 0.3) is 0 Å². The Morgan fingerprint density at radius 1 is 0.375 bits per heavy atom. The summed E-state index contributed by atoms with van der Waals surface area (Å²) in [7, 11) is 6.13. The summed E-state index contributed by atoms with van der Waals surface area (Å²) in [6.45, 7) is 0. The third kappa shape index (κ3) is 8.48. The molecule has 276 valence electrons. The maximum absolute atomic E-state index is 4.85. The third-order valence-electron chi connectivity index (χ3n) is 16.0. The van der Waals surface area contributed by atoms with Crippen molar-refractivity contribution in [3.8, 4) is 0 Å². The van der Waals surface area contributed by atoms with E-state index < -0.39 is 14.5 Å². The van der Waals surface area contributed by atoms with Crippen LogP contribution in [0.4, 0.5) is 0 Å². The molecule has 0 radical (unpaired) electrons. The molecule has 6 saturated carbocycles. The molecule has 0 amide bonds. The van der Waals surface area contributed by atoms with Crippen LogP contribution in [0.1, 0.15) is 204 Å². The van der Waals surface area contributed by atoms with Gasteiger partial charge in [0.25, 0.3) is 0 Å². The van der Waals surface area contributed by atoms with Crippen LogP contribution < -0.4 is 0 Å². The molecule has 0 spiro atoms. The number of benzene rings is 1. The zero-order chi connectivity index (χ0) is 33.1. The molecule has 6 aliphatic rings. The molecule has 6 fully saturated rings. The van der Waals surface area contributed by atoms with Crippen LogP contribution >= 0.6 is 33.9 Å². The summed E-state index contributed by atoms with van der Waals surface area (Å²) >= 11 is -0.346. The van der Waals surface area contributed by atoms with Crippen molar-refractivity contribution < 1.29 is 15.1 Å². The molecule has 0 aromatic heterocycles. The van der Waals surface area contributed by atoms with Crippen molar-refractivity contribution in [2.24, 2.45) is 0 Å². The molecule has 0 nitrogen and oxygen atoms in total. The van der Waals surface area contributed by atoms with Crippen LogP contribution in [-0.2, 0) is 15.1 Å². The fourth-order valence-electron chi connectivity index (χ4n) is 14.7. The van der Waals surface area contributed by atoms with E-state index in [2.05, 4.69) is 30.3 Å². The van der Waals surface area contributed by atoms with Gasteiger partial charge in [0.2, 0.25) is 0 Å². The molecule has 0 N–H and O–H groups in total. The molecule has 48 heavy (non-hydrogen) atoms.